The van der Waals surface area contributed by atoms with Gasteiger partial charge in [-0.25, -0.2) is 0 Å². The molecule has 0 amide bonds. The van der Waals surface area contributed by atoms with Crippen molar-refractivity contribution in [2.45, 2.75) is 137 Å². The van der Waals surface area contributed by atoms with Crippen molar-refractivity contribution in [3.05, 3.63) is 197 Å². The van der Waals surface area contributed by atoms with Gasteiger partial charge in [0.15, 0.2) is 12.4 Å². The molecule has 7 aromatic carbocycles. The first-order valence-electron chi connectivity index (χ1n) is 27.5. The first-order chi connectivity index (χ1) is 35.4. The molecule has 4 nitrogen and oxygen atoms in total. The Morgan fingerprint density at radius 1 is 0.427 bits per heavy atom. The number of hydrogen-bond donors (Lipinski definition) is 0. The lowest BCUT2D eigenvalue weighted by atomic mass is 9.45. The third-order valence-corrected chi connectivity index (χ3v) is 17.2. The van der Waals surface area contributed by atoms with Crippen LogP contribution in [0.25, 0.3) is 60.6 Å². The van der Waals surface area contributed by atoms with E-state index in [0.29, 0.717) is 0 Å². The van der Waals surface area contributed by atoms with Gasteiger partial charge in [0.05, 0.1) is 5.52 Å². The van der Waals surface area contributed by atoms with Gasteiger partial charge >= 0.3 is 6.85 Å². The maximum absolute atomic E-state index is 2.82. The van der Waals surface area contributed by atoms with E-state index in [0.717, 1.165) is 11.4 Å². The minimum absolute atomic E-state index is 0.00835. The molecular weight excluding hydrogens is 908 g/mol. The van der Waals surface area contributed by atoms with E-state index in [-0.39, 0.29) is 40.0 Å². The molecule has 0 bridgehead atoms. The highest BCUT2D eigenvalue weighted by atomic mass is 15.3. The molecule has 5 heterocycles. The van der Waals surface area contributed by atoms with Crippen molar-refractivity contribution in [2.75, 3.05) is 4.90 Å². The Balaban J connectivity index is 1.26. The molecule has 5 heteroatoms. The summed E-state index contributed by atoms with van der Waals surface area (Å²) < 4.78 is 7.84. The van der Waals surface area contributed by atoms with Crippen molar-refractivity contribution in [1.82, 2.24) is 9.05 Å². The normalized spacial score (nSPS) is 15.2. The van der Waals surface area contributed by atoms with Crippen LogP contribution in [0.1, 0.15) is 149 Å². The molecule has 3 aliphatic rings. The number of hydrogen-bond acceptors (Lipinski definition) is 1. The maximum Gasteiger partial charge on any atom is 0.335 e. The van der Waals surface area contributed by atoms with Crippen molar-refractivity contribution in [3.8, 4) is 27.9 Å². The summed E-state index contributed by atoms with van der Waals surface area (Å²) in [5, 5.41) is 3.99. The van der Waals surface area contributed by atoms with E-state index < -0.39 is 0 Å². The average molecular weight is 980 g/mol. The summed E-state index contributed by atoms with van der Waals surface area (Å²) in [7, 11) is 0. The first kappa shape index (κ1) is 47.6. The van der Waals surface area contributed by atoms with Crippen LogP contribution in [-0.2, 0) is 27.1 Å². The number of rotatable bonds is 3. The third kappa shape index (κ3) is 7.05. The van der Waals surface area contributed by atoms with E-state index in [4.69, 9.17) is 0 Å². The van der Waals surface area contributed by atoms with E-state index in [9.17, 15) is 0 Å². The molecule has 2 aliphatic heterocycles. The van der Waals surface area contributed by atoms with E-state index in [1.165, 1.54) is 116 Å². The summed E-state index contributed by atoms with van der Waals surface area (Å²) in [6.07, 6.45) is 4.51. The minimum atomic E-state index is -0.154. The van der Waals surface area contributed by atoms with Crippen LogP contribution in [0, 0.1) is 0 Å². The molecule has 0 fully saturated rings. The number of aromatic nitrogens is 3. The predicted molar refractivity (Wildman–Crippen MR) is 320 cm³/mol. The summed E-state index contributed by atoms with van der Waals surface area (Å²) in [5.74, 6) is 1.20. The van der Waals surface area contributed by atoms with Crippen LogP contribution < -0.4 is 20.4 Å². The second-order valence-electron chi connectivity index (χ2n) is 27.4. The standard InChI is InChI=1S/C70H72BN4/c1-66(2,3)42-24-28-48(29-25-42)74-58-41-46(70(13,14)15)38-52-53-39-45(69(10,11)12)40-55-60-57(33-31-50-59(60)51-36-43(67(4,5)6)26-30-49(51)63(50)72-34-20-17-21-35-72)75(64(53)55)71(61(52)58)62-54-37-44(68(7,8)9)27-32-56(54)73(65(62)74)47-22-18-16-19-23-47/h16-41,63H,1-15H3/q+1. The molecule has 75 heavy (non-hydrogen) atoms. The molecule has 0 spiro atoms. The largest absolute Gasteiger partial charge is 0.375 e. The van der Waals surface area contributed by atoms with Crippen LogP contribution in [0.2, 0.25) is 0 Å². The molecular formula is C70H72BN4+. The van der Waals surface area contributed by atoms with Gasteiger partial charge in [-0.15, -0.1) is 0 Å². The molecule has 0 radical (unpaired) electrons. The van der Waals surface area contributed by atoms with Crippen molar-refractivity contribution in [1.29, 1.82) is 0 Å². The van der Waals surface area contributed by atoms with Crippen LogP contribution in [-0.4, -0.2) is 15.9 Å². The second kappa shape index (κ2) is 15.7. The van der Waals surface area contributed by atoms with E-state index in [1.54, 1.807) is 0 Å². The summed E-state index contributed by atoms with van der Waals surface area (Å²) in [4.78, 5) is 2.65. The van der Waals surface area contributed by atoms with Crippen molar-refractivity contribution in [3.63, 3.8) is 0 Å². The number of para-hydroxylation sites is 1. The quantitative estimate of drug-likeness (QED) is 0.127. The highest BCUT2D eigenvalue weighted by molar-refractivity contribution is 6.91. The highest BCUT2D eigenvalue weighted by Crippen LogP contribution is 2.55. The highest BCUT2D eigenvalue weighted by Gasteiger charge is 2.48. The molecule has 374 valence electrons. The molecule has 10 aromatic rings. The van der Waals surface area contributed by atoms with E-state index >= 15 is 0 Å². The van der Waals surface area contributed by atoms with E-state index in [1.807, 2.05) is 0 Å². The van der Waals surface area contributed by atoms with Gasteiger partial charge in [0, 0.05) is 78.7 Å². The zero-order chi connectivity index (χ0) is 52.6. The Hall–Kier alpha value is -7.11. The molecule has 1 atom stereocenters. The fraction of sp³-hybridized carbons (Fsp3) is 0.300. The second-order valence-corrected chi connectivity index (χ2v) is 27.4. The van der Waals surface area contributed by atoms with Crippen LogP contribution in [0.4, 0.5) is 17.2 Å². The van der Waals surface area contributed by atoms with Gasteiger partial charge in [-0.05, 0) is 144 Å². The summed E-state index contributed by atoms with van der Waals surface area (Å²) in [6, 6.07) is 57.2. The zero-order valence-electron chi connectivity index (χ0n) is 47.0. The first-order valence-corrected chi connectivity index (χ1v) is 27.5. The fourth-order valence-corrected chi connectivity index (χ4v) is 13.0. The van der Waals surface area contributed by atoms with Gasteiger partial charge in [-0.1, -0.05) is 171 Å². The zero-order valence-corrected chi connectivity index (χ0v) is 47.0. The summed E-state index contributed by atoms with van der Waals surface area (Å²) in [5.41, 5.74) is 24.6. The molecule has 13 rings (SSSR count). The van der Waals surface area contributed by atoms with Gasteiger partial charge in [0.25, 0.3) is 0 Å². The van der Waals surface area contributed by atoms with Crippen LogP contribution in [0.3, 0.4) is 0 Å². The molecule has 0 saturated heterocycles. The Morgan fingerprint density at radius 2 is 0.960 bits per heavy atom. The Labute approximate surface area is 445 Å². The van der Waals surface area contributed by atoms with Gasteiger partial charge in [-0.3, -0.25) is 9.47 Å². The molecule has 0 saturated carbocycles. The number of benzene rings is 7. The molecule has 3 aromatic heterocycles. The summed E-state index contributed by atoms with van der Waals surface area (Å²) >= 11 is 0. The maximum atomic E-state index is 2.82. The Bertz CT molecular complexity index is 4000. The van der Waals surface area contributed by atoms with Crippen molar-refractivity contribution >= 4 is 67.7 Å². The fourth-order valence-electron chi connectivity index (χ4n) is 13.0. The lowest BCUT2D eigenvalue weighted by Crippen LogP contribution is -2.57. The van der Waals surface area contributed by atoms with Gasteiger partial charge in [0.1, 0.15) is 5.82 Å². The Kier molecular flexibility index (Phi) is 9.98. The number of pyridine rings is 1. The van der Waals surface area contributed by atoms with Crippen LogP contribution >= 0.6 is 0 Å². The molecule has 1 aliphatic carbocycles. The summed E-state index contributed by atoms with van der Waals surface area (Å²) in [6.45, 7) is 35.3. The number of anilines is 3. The lowest BCUT2D eigenvalue weighted by molar-refractivity contribution is -0.704. The lowest BCUT2D eigenvalue weighted by Gasteiger charge is -2.41. The SMILES string of the molecule is CC(C)(C)c1ccc(N2c3cc(C(C)(C)C)cc4c3B(c3c2n(-c2ccccc2)c2ccc(C(C)(C)C)cc32)n2c3ccc5c(c3c3cc(C(C)(C)C)cc-4c32)-c2cc(C(C)(C)C)ccc2C5[n+]2ccccc2)cc1. The van der Waals surface area contributed by atoms with Crippen molar-refractivity contribution in [2.24, 2.45) is 0 Å². The van der Waals surface area contributed by atoms with Crippen molar-refractivity contribution < 1.29 is 4.57 Å². The van der Waals surface area contributed by atoms with E-state index in [2.05, 4.69) is 280 Å². The smallest absolute Gasteiger partial charge is 0.335 e. The van der Waals surface area contributed by atoms with Crippen LogP contribution in [0.5, 0.6) is 0 Å². The van der Waals surface area contributed by atoms with Crippen LogP contribution in [0.15, 0.2) is 158 Å². The topological polar surface area (TPSA) is 17.0 Å². The Morgan fingerprint density at radius 3 is 1.61 bits per heavy atom. The number of nitrogens with zero attached hydrogens (tertiary/aromatic N) is 4. The molecule has 1 unspecified atom stereocenters. The van der Waals surface area contributed by atoms with Gasteiger partial charge < -0.3 is 4.48 Å². The molecule has 0 N–H and O–H groups in total. The predicted octanol–water partition coefficient (Wildman–Crippen LogP) is 16.5. The minimum Gasteiger partial charge on any atom is -0.375 e. The number of fused-ring (bicyclic) bond motifs is 13. The van der Waals surface area contributed by atoms with Gasteiger partial charge in [-0.2, -0.15) is 4.57 Å². The monoisotopic (exact) mass is 980 g/mol. The van der Waals surface area contributed by atoms with Gasteiger partial charge in [0.2, 0.25) is 6.04 Å². The average Bonchev–Trinajstić information content (AvgIpc) is 4.17. The third-order valence-electron chi connectivity index (χ3n) is 17.2.